The first-order chi connectivity index (χ1) is 12.7. The van der Waals surface area contributed by atoms with E-state index in [1.165, 1.54) is 6.26 Å². The van der Waals surface area contributed by atoms with E-state index in [9.17, 15) is 4.79 Å². The topological polar surface area (TPSA) is 69.7 Å². The Balaban J connectivity index is 1.38. The predicted octanol–water partition coefficient (Wildman–Crippen LogP) is 2.64. The normalized spacial score (nSPS) is 21.0. The van der Waals surface area contributed by atoms with E-state index in [-0.39, 0.29) is 11.9 Å². The largest absolute Gasteiger partial charge is 0.459 e. The first kappa shape index (κ1) is 17.3. The van der Waals surface area contributed by atoms with Gasteiger partial charge in [-0.25, -0.2) is 4.98 Å². The number of imidazole rings is 1. The Bertz CT molecular complexity index is 734. The van der Waals surface area contributed by atoms with Crippen molar-refractivity contribution in [1.82, 2.24) is 14.5 Å². The molecule has 1 fully saturated rings. The molecular weight excluding hydrogens is 334 g/mol. The molecule has 140 valence electrons. The van der Waals surface area contributed by atoms with Gasteiger partial charge in [-0.05, 0) is 37.8 Å². The van der Waals surface area contributed by atoms with E-state index in [1.807, 2.05) is 18.0 Å². The van der Waals surface area contributed by atoms with Gasteiger partial charge in [0.15, 0.2) is 5.76 Å². The van der Waals surface area contributed by atoms with Crippen LogP contribution in [0.2, 0.25) is 0 Å². The van der Waals surface area contributed by atoms with E-state index < -0.39 is 0 Å². The summed E-state index contributed by atoms with van der Waals surface area (Å²) in [5, 5.41) is 0. The molecule has 4 rings (SSSR count). The summed E-state index contributed by atoms with van der Waals surface area (Å²) < 4.78 is 18.8. The summed E-state index contributed by atoms with van der Waals surface area (Å²) in [5.74, 6) is 1.78. The molecule has 26 heavy (non-hydrogen) atoms. The van der Waals surface area contributed by atoms with E-state index in [0.717, 1.165) is 50.7 Å². The smallest absolute Gasteiger partial charge is 0.290 e. The second-order valence-electron chi connectivity index (χ2n) is 6.98. The van der Waals surface area contributed by atoms with Gasteiger partial charge in [0.1, 0.15) is 5.82 Å². The predicted molar refractivity (Wildman–Crippen MR) is 93.6 cm³/mol. The molecule has 0 saturated carbocycles. The van der Waals surface area contributed by atoms with Crippen molar-refractivity contribution in [2.45, 2.75) is 39.0 Å². The van der Waals surface area contributed by atoms with E-state index in [0.29, 0.717) is 24.8 Å². The highest BCUT2D eigenvalue weighted by Gasteiger charge is 2.31. The minimum atomic E-state index is -0.0920. The summed E-state index contributed by atoms with van der Waals surface area (Å²) in [6, 6.07) is 3.34. The molecule has 7 nitrogen and oxygen atoms in total. The maximum atomic E-state index is 12.6. The standard InChI is InChI=1S/C19H25N3O4/c1-14-18-20-11-16(13-25-12-15-4-9-24-10-5-15)22(18)7-6-21(14)19(23)17-3-2-8-26-17/h2-3,8,11,14-15H,4-7,9-10,12-13H2,1H3/t14-/m0/s1. The molecule has 0 radical (unpaired) electrons. The number of rotatable bonds is 5. The van der Waals surface area contributed by atoms with Gasteiger partial charge >= 0.3 is 0 Å². The van der Waals surface area contributed by atoms with Crippen LogP contribution < -0.4 is 0 Å². The van der Waals surface area contributed by atoms with Crippen molar-refractivity contribution in [3.05, 3.63) is 41.9 Å². The monoisotopic (exact) mass is 359 g/mol. The van der Waals surface area contributed by atoms with Gasteiger partial charge in [0.2, 0.25) is 0 Å². The van der Waals surface area contributed by atoms with Crippen LogP contribution in [0.3, 0.4) is 0 Å². The zero-order valence-corrected chi connectivity index (χ0v) is 15.1. The molecule has 2 aromatic rings. The highest BCUT2D eigenvalue weighted by Crippen LogP contribution is 2.27. The number of carbonyl (C=O) groups is 1. The average Bonchev–Trinajstić information content (AvgIpc) is 3.33. The molecule has 7 heteroatoms. The molecular formula is C19H25N3O4. The minimum Gasteiger partial charge on any atom is -0.459 e. The minimum absolute atomic E-state index is 0.0888. The van der Waals surface area contributed by atoms with Gasteiger partial charge in [-0.1, -0.05) is 0 Å². The van der Waals surface area contributed by atoms with Gasteiger partial charge in [0.05, 0.1) is 37.4 Å². The lowest BCUT2D eigenvalue weighted by molar-refractivity contribution is 0.0139. The Hall–Kier alpha value is -2.12. The molecule has 1 atom stereocenters. The van der Waals surface area contributed by atoms with Crippen molar-refractivity contribution < 1.29 is 18.7 Å². The van der Waals surface area contributed by atoms with Gasteiger partial charge in [-0.3, -0.25) is 4.79 Å². The zero-order chi connectivity index (χ0) is 17.9. The summed E-state index contributed by atoms with van der Waals surface area (Å²) in [4.78, 5) is 19.0. The fraction of sp³-hybridized carbons (Fsp3) is 0.579. The van der Waals surface area contributed by atoms with Crippen molar-refractivity contribution in [3.63, 3.8) is 0 Å². The summed E-state index contributed by atoms with van der Waals surface area (Å²) in [5.41, 5.74) is 1.07. The number of fused-ring (bicyclic) bond motifs is 1. The van der Waals surface area contributed by atoms with E-state index in [2.05, 4.69) is 9.55 Å². The lowest BCUT2D eigenvalue weighted by Gasteiger charge is -2.34. The van der Waals surface area contributed by atoms with E-state index >= 15 is 0 Å². The first-order valence-corrected chi connectivity index (χ1v) is 9.28. The molecule has 0 N–H and O–H groups in total. The molecule has 2 aromatic heterocycles. The molecule has 2 aliphatic heterocycles. The summed E-state index contributed by atoms with van der Waals surface area (Å²) in [6.45, 7) is 6.37. The van der Waals surface area contributed by atoms with Gasteiger partial charge < -0.3 is 23.4 Å². The Morgan fingerprint density at radius 1 is 1.35 bits per heavy atom. The van der Waals surface area contributed by atoms with Crippen LogP contribution in [-0.2, 0) is 22.6 Å². The Morgan fingerprint density at radius 2 is 2.19 bits per heavy atom. The second kappa shape index (κ2) is 7.63. The van der Waals surface area contributed by atoms with E-state index in [1.54, 1.807) is 12.1 Å². The molecule has 0 bridgehead atoms. The number of carbonyl (C=O) groups excluding carboxylic acids is 1. The number of furan rings is 1. The first-order valence-electron chi connectivity index (χ1n) is 9.28. The van der Waals surface area contributed by atoms with Crippen molar-refractivity contribution in [3.8, 4) is 0 Å². The summed E-state index contributed by atoms with van der Waals surface area (Å²) >= 11 is 0. The molecule has 0 spiro atoms. The summed E-state index contributed by atoms with van der Waals surface area (Å²) in [7, 11) is 0. The average molecular weight is 359 g/mol. The molecule has 0 unspecified atom stereocenters. The van der Waals surface area contributed by atoms with Crippen LogP contribution in [0.25, 0.3) is 0 Å². The quantitative estimate of drug-likeness (QED) is 0.821. The zero-order valence-electron chi connectivity index (χ0n) is 15.1. The Labute approximate surface area is 152 Å². The van der Waals surface area contributed by atoms with Crippen molar-refractivity contribution >= 4 is 5.91 Å². The Morgan fingerprint density at radius 3 is 2.96 bits per heavy atom. The van der Waals surface area contributed by atoms with Crippen LogP contribution in [0.15, 0.2) is 29.0 Å². The van der Waals surface area contributed by atoms with E-state index in [4.69, 9.17) is 13.9 Å². The van der Waals surface area contributed by atoms with Gasteiger partial charge in [-0.2, -0.15) is 0 Å². The van der Waals surface area contributed by atoms with Crippen LogP contribution in [0.4, 0.5) is 0 Å². The highest BCUT2D eigenvalue weighted by molar-refractivity contribution is 5.91. The molecule has 1 amide bonds. The van der Waals surface area contributed by atoms with Crippen molar-refractivity contribution in [2.75, 3.05) is 26.4 Å². The third-order valence-corrected chi connectivity index (χ3v) is 5.31. The number of aromatic nitrogens is 2. The third-order valence-electron chi connectivity index (χ3n) is 5.31. The van der Waals surface area contributed by atoms with Gasteiger partial charge in [0, 0.05) is 26.3 Å². The molecule has 2 aliphatic rings. The fourth-order valence-electron chi connectivity index (χ4n) is 3.74. The van der Waals surface area contributed by atoms with Crippen LogP contribution in [0.5, 0.6) is 0 Å². The van der Waals surface area contributed by atoms with Crippen LogP contribution in [0.1, 0.15) is 47.9 Å². The number of amides is 1. The highest BCUT2D eigenvalue weighted by atomic mass is 16.5. The van der Waals surface area contributed by atoms with Crippen LogP contribution in [0, 0.1) is 5.92 Å². The lowest BCUT2D eigenvalue weighted by Crippen LogP contribution is -2.41. The Kier molecular flexibility index (Phi) is 5.08. The summed E-state index contributed by atoms with van der Waals surface area (Å²) in [6.07, 6.45) is 5.55. The van der Waals surface area contributed by atoms with Gasteiger partial charge in [-0.15, -0.1) is 0 Å². The number of hydrogen-bond donors (Lipinski definition) is 0. The van der Waals surface area contributed by atoms with Crippen molar-refractivity contribution in [2.24, 2.45) is 5.92 Å². The van der Waals surface area contributed by atoms with Crippen LogP contribution in [-0.4, -0.2) is 46.7 Å². The van der Waals surface area contributed by atoms with Gasteiger partial charge in [0.25, 0.3) is 5.91 Å². The van der Waals surface area contributed by atoms with Crippen LogP contribution >= 0.6 is 0 Å². The molecule has 4 heterocycles. The number of hydrogen-bond acceptors (Lipinski definition) is 5. The number of nitrogens with zero attached hydrogens (tertiary/aromatic N) is 3. The second-order valence-corrected chi connectivity index (χ2v) is 6.98. The third kappa shape index (κ3) is 3.41. The molecule has 0 aliphatic carbocycles. The van der Waals surface area contributed by atoms with Crippen molar-refractivity contribution in [1.29, 1.82) is 0 Å². The molecule has 1 saturated heterocycles. The SMILES string of the molecule is C[C@H]1c2ncc(COCC3CCOCC3)n2CCN1C(=O)c1ccco1. The fourth-order valence-corrected chi connectivity index (χ4v) is 3.74. The number of ether oxygens (including phenoxy) is 2. The lowest BCUT2D eigenvalue weighted by atomic mass is 10.0. The molecule has 0 aromatic carbocycles. The maximum absolute atomic E-state index is 12.6. The maximum Gasteiger partial charge on any atom is 0.290 e.